The molecular formula is C13H16N3OP. The number of aryl methyl sites for hydroxylation is 1. The summed E-state index contributed by atoms with van der Waals surface area (Å²) in [6.45, 7) is 5.35. The minimum absolute atomic E-state index is 0.555. The molecule has 1 aromatic carbocycles. The van der Waals surface area contributed by atoms with E-state index in [1.165, 1.54) is 0 Å². The van der Waals surface area contributed by atoms with E-state index >= 15 is 0 Å². The minimum Gasteiger partial charge on any atom is -0.398 e. The lowest BCUT2D eigenvalue weighted by molar-refractivity contribution is 0.588. The summed E-state index contributed by atoms with van der Waals surface area (Å²) in [5.41, 5.74) is 8.26. The largest absolute Gasteiger partial charge is 0.398 e. The van der Waals surface area contributed by atoms with Gasteiger partial charge in [-0.25, -0.2) is 9.97 Å². The zero-order valence-electron chi connectivity index (χ0n) is 10.7. The van der Waals surface area contributed by atoms with Gasteiger partial charge in [-0.3, -0.25) is 0 Å². The van der Waals surface area contributed by atoms with Gasteiger partial charge in [-0.1, -0.05) is 0 Å². The summed E-state index contributed by atoms with van der Waals surface area (Å²) in [5, 5.41) is 0.684. The molecule has 1 heterocycles. The van der Waals surface area contributed by atoms with Crippen LogP contribution in [0.2, 0.25) is 0 Å². The number of hydrogen-bond acceptors (Lipinski definition) is 4. The Labute approximate surface area is 107 Å². The van der Waals surface area contributed by atoms with Crippen molar-refractivity contribution in [2.24, 2.45) is 0 Å². The first-order valence-electron chi connectivity index (χ1n) is 5.62. The van der Waals surface area contributed by atoms with E-state index in [2.05, 4.69) is 9.97 Å². The third-order valence-electron chi connectivity index (χ3n) is 2.65. The Balaban J connectivity index is 2.54. The van der Waals surface area contributed by atoms with Crippen LogP contribution >= 0.6 is 7.14 Å². The van der Waals surface area contributed by atoms with Crippen molar-refractivity contribution >= 4 is 18.1 Å². The van der Waals surface area contributed by atoms with Gasteiger partial charge >= 0.3 is 0 Å². The van der Waals surface area contributed by atoms with Crippen LogP contribution in [0.5, 0.6) is 0 Å². The van der Waals surface area contributed by atoms with Crippen molar-refractivity contribution in [2.45, 2.75) is 6.92 Å². The molecule has 0 spiro atoms. The maximum atomic E-state index is 12.2. The normalized spacial score (nSPS) is 11.5. The Kier molecular flexibility index (Phi) is 3.22. The summed E-state index contributed by atoms with van der Waals surface area (Å²) in [4.78, 5) is 8.52. The molecule has 0 aliphatic rings. The molecule has 0 saturated heterocycles. The fourth-order valence-corrected chi connectivity index (χ4v) is 2.84. The molecule has 0 atom stereocenters. The second-order valence-corrected chi connectivity index (χ2v) is 7.89. The van der Waals surface area contributed by atoms with E-state index < -0.39 is 7.14 Å². The molecule has 2 rings (SSSR count). The Morgan fingerprint density at radius 1 is 1.17 bits per heavy atom. The quantitative estimate of drug-likeness (QED) is 0.665. The van der Waals surface area contributed by atoms with Crippen LogP contribution in [-0.2, 0) is 4.57 Å². The van der Waals surface area contributed by atoms with E-state index in [4.69, 9.17) is 5.73 Å². The first kappa shape index (κ1) is 12.8. The van der Waals surface area contributed by atoms with Gasteiger partial charge in [0.05, 0.1) is 0 Å². The van der Waals surface area contributed by atoms with Crippen molar-refractivity contribution in [1.29, 1.82) is 0 Å². The van der Waals surface area contributed by atoms with E-state index in [1.807, 2.05) is 19.1 Å². The van der Waals surface area contributed by atoms with Gasteiger partial charge in [-0.15, -0.1) is 0 Å². The molecule has 4 nitrogen and oxygen atoms in total. The number of nitrogens with zero attached hydrogens (tertiary/aromatic N) is 2. The van der Waals surface area contributed by atoms with E-state index in [0.29, 0.717) is 16.8 Å². The summed E-state index contributed by atoms with van der Waals surface area (Å²) in [6.07, 6.45) is 3.52. The third-order valence-corrected chi connectivity index (χ3v) is 4.20. The molecule has 0 radical (unpaired) electrons. The molecule has 2 N–H and O–H groups in total. The van der Waals surface area contributed by atoms with Gasteiger partial charge in [-0.2, -0.15) is 0 Å². The maximum absolute atomic E-state index is 12.2. The first-order chi connectivity index (χ1) is 8.38. The van der Waals surface area contributed by atoms with Crippen molar-refractivity contribution in [1.82, 2.24) is 9.97 Å². The van der Waals surface area contributed by atoms with Crippen LogP contribution in [0.4, 0.5) is 5.69 Å². The van der Waals surface area contributed by atoms with Crippen LogP contribution in [0.25, 0.3) is 11.4 Å². The average Bonchev–Trinajstić information content (AvgIpc) is 2.29. The number of benzene rings is 1. The van der Waals surface area contributed by atoms with Gasteiger partial charge in [0.1, 0.15) is 7.14 Å². The molecule has 0 fully saturated rings. The molecule has 0 amide bonds. The Morgan fingerprint density at radius 2 is 1.78 bits per heavy atom. The second kappa shape index (κ2) is 4.54. The highest BCUT2D eigenvalue weighted by molar-refractivity contribution is 7.70. The summed E-state index contributed by atoms with van der Waals surface area (Å²) in [6, 6.07) is 5.42. The highest BCUT2D eigenvalue weighted by Crippen LogP contribution is 2.38. The van der Waals surface area contributed by atoms with Gasteiger partial charge < -0.3 is 10.3 Å². The molecule has 0 aliphatic heterocycles. The molecule has 18 heavy (non-hydrogen) atoms. The van der Waals surface area contributed by atoms with Gasteiger partial charge in [0.15, 0.2) is 5.82 Å². The summed E-state index contributed by atoms with van der Waals surface area (Å²) >= 11 is 0. The van der Waals surface area contributed by atoms with Crippen molar-refractivity contribution in [3.05, 3.63) is 36.2 Å². The minimum atomic E-state index is -2.39. The fraction of sp³-hybridized carbons (Fsp3) is 0.231. The molecule has 1 aromatic heterocycles. The third kappa shape index (κ3) is 2.59. The second-order valence-electron chi connectivity index (χ2n) is 4.71. The predicted octanol–water partition coefficient (Wildman–Crippen LogP) is 2.28. The van der Waals surface area contributed by atoms with Gasteiger partial charge in [0.2, 0.25) is 0 Å². The lowest BCUT2D eigenvalue weighted by Gasteiger charge is -2.11. The molecule has 0 bridgehead atoms. The van der Waals surface area contributed by atoms with Crippen LogP contribution < -0.4 is 11.0 Å². The monoisotopic (exact) mass is 261 g/mol. The van der Waals surface area contributed by atoms with E-state index in [1.54, 1.807) is 31.8 Å². The molecule has 0 aliphatic carbocycles. The standard InChI is InChI=1S/C13H16N3OP/c1-9-7-15-13(16-8-9)10-4-5-11(14)12(6-10)18(2,3)17/h4-8H,14H2,1-3H3. The fourth-order valence-electron chi connectivity index (χ4n) is 1.69. The van der Waals surface area contributed by atoms with Gasteiger partial charge in [0.25, 0.3) is 0 Å². The van der Waals surface area contributed by atoms with Crippen molar-refractivity contribution in [3.63, 3.8) is 0 Å². The molecule has 2 aromatic rings. The number of hydrogen-bond donors (Lipinski definition) is 1. The van der Waals surface area contributed by atoms with Crippen LogP contribution in [0.3, 0.4) is 0 Å². The SMILES string of the molecule is Cc1cnc(-c2ccc(N)c(P(C)(C)=O)c2)nc1. The Hall–Kier alpha value is -1.67. The molecule has 0 saturated carbocycles. The van der Waals surface area contributed by atoms with E-state index in [9.17, 15) is 4.57 Å². The maximum Gasteiger partial charge on any atom is 0.159 e. The highest BCUT2D eigenvalue weighted by atomic mass is 31.2. The Bertz CT molecular complexity index is 617. The average molecular weight is 261 g/mol. The van der Waals surface area contributed by atoms with Gasteiger partial charge in [0, 0.05) is 28.9 Å². The van der Waals surface area contributed by atoms with Crippen molar-refractivity contribution in [3.8, 4) is 11.4 Å². The number of aromatic nitrogens is 2. The molecule has 94 valence electrons. The smallest absolute Gasteiger partial charge is 0.159 e. The van der Waals surface area contributed by atoms with E-state index in [0.717, 1.165) is 11.1 Å². The topological polar surface area (TPSA) is 68.9 Å². The predicted molar refractivity (Wildman–Crippen MR) is 75.7 cm³/mol. The number of nitrogens with two attached hydrogens (primary N) is 1. The van der Waals surface area contributed by atoms with Crippen LogP contribution in [0.15, 0.2) is 30.6 Å². The van der Waals surface area contributed by atoms with Crippen LogP contribution in [-0.4, -0.2) is 23.3 Å². The molecule has 0 unspecified atom stereocenters. The zero-order chi connectivity index (χ0) is 13.3. The summed E-state index contributed by atoms with van der Waals surface area (Å²) < 4.78 is 12.2. The van der Waals surface area contributed by atoms with Crippen LogP contribution in [0.1, 0.15) is 5.56 Å². The first-order valence-corrected chi connectivity index (χ1v) is 8.22. The number of rotatable bonds is 2. The Morgan fingerprint density at radius 3 is 2.33 bits per heavy atom. The summed E-state index contributed by atoms with van der Waals surface area (Å²) in [5.74, 6) is 0.621. The molecule has 5 heteroatoms. The molecular weight excluding hydrogens is 245 g/mol. The van der Waals surface area contributed by atoms with Crippen molar-refractivity contribution < 1.29 is 4.57 Å². The highest BCUT2D eigenvalue weighted by Gasteiger charge is 2.16. The van der Waals surface area contributed by atoms with Crippen LogP contribution in [0, 0.1) is 6.92 Å². The van der Waals surface area contributed by atoms with Crippen molar-refractivity contribution in [2.75, 3.05) is 19.1 Å². The van der Waals surface area contributed by atoms with E-state index in [-0.39, 0.29) is 0 Å². The number of anilines is 1. The van der Waals surface area contributed by atoms with Gasteiger partial charge in [-0.05, 0) is 44.0 Å². The number of nitrogen functional groups attached to an aromatic ring is 1. The summed E-state index contributed by atoms with van der Waals surface area (Å²) in [7, 11) is -2.39. The zero-order valence-corrected chi connectivity index (χ0v) is 11.6. The lowest BCUT2D eigenvalue weighted by atomic mass is 10.2. The lowest BCUT2D eigenvalue weighted by Crippen LogP contribution is -2.10.